The van der Waals surface area contributed by atoms with Crippen LogP contribution in [0.5, 0.6) is 0 Å². The fourth-order valence-corrected chi connectivity index (χ4v) is 2.36. The Bertz CT molecular complexity index is 273. The molecule has 2 atom stereocenters. The van der Waals surface area contributed by atoms with Gasteiger partial charge in [0.15, 0.2) is 0 Å². The van der Waals surface area contributed by atoms with Crippen molar-refractivity contribution >= 4 is 30.7 Å². The summed E-state index contributed by atoms with van der Waals surface area (Å²) in [5, 5.41) is 3.04. The minimum atomic E-state index is 0. The van der Waals surface area contributed by atoms with Gasteiger partial charge in [-0.1, -0.05) is 13.8 Å². The van der Waals surface area contributed by atoms with E-state index >= 15 is 0 Å². The second-order valence-corrected chi connectivity index (χ2v) is 5.78. The van der Waals surface area contributed by atoms with Gasteiger partial charge in [-0.2, -0.15) is 0 Å². The van der Waals surface area contributed by atoms with E-state index in [0.29, 0.717) is 18.4 Å². The summed E-state index contributed by atoms with van der Waals surface area (Å²) in [6.45, 7) is 10.6. The zero-order valence-corrected chi connectivity index (χ0v) is 15.0. The van der Waals surface area contributed by atoms with Gasteiger partial charge in [0.2, 0.25) is 5.91 Å². The molecule has 7 heteroatoms. The summed E-state index contributed by atoms with van der Waals surface area (Å²) < 4.78 is 5.38. The summed E-state index contributed by atoms with van der Waals surface area (Å²) in [5.41, 5.74) is 5.66. The predicted octanol–water partition coefficient (Wildman–Crippen LogP) is 1.43. The SMILES string of the molecule is CC(N)CCC(=O)NCC(C(C)C)N1CCOCC1.Cl.Cl. The van der Waals surface area contributed by atoms with E-state index in [4.69, 9.17) is 10.5 Å². The van der Waals surface area contributed by atoms with E-state index in [0.717, 1.165) is 39.3 Å². The Morgan fingerprint density at radius 1 is 1.24 bits per heavy atom. The van der Waals surface area contributed by atoms with Gasteiger partial charge in [0, 0.05) is 38.1 Å². The Hall–Kier alpha value is -0.0700. The number of hydrogen-bond acceptors (Lipinski definition) is 4. The van der Waals surface area contributed by atoms with Crippen molar-refractivity contribution in [1.29, 1.82) is 0 Å². The first-order valence-electron chi connectivity index (χ1n) is 7.34. The van der Waals surface area contributed by atoms with E-state index in [1.54, 1.807) is 0 Å². The highest BCUT2D eigenvalue weighted by molar-refractivity contribution is 5.85. The number of carbonyl (C=O) groups is 1. The molecule has 0 spiro atoms. The quantitative estimate of drug-likeness (QED) is 0.733. The van der Waals surface area contributed by atoms with Crippen molar-refractivity contribution in [2.24, 2.45) is 11.7 Å². The number of carbonyl (C=O) groups excluding carboxylic acids is 1. The molecule has 0 aliphatic carbocycles. The minimum Gasteiger partial charge on any atom is -0.379 e. The molecular weight excluding hydrogens is 313 g/mol. The van der Waals surface area contributed by atoms with Crippen molar-refractivity contribution in [2.45, 2.75) is 45.7 Å². The van der Waals surface area contributed by atoms with Crippen LogP contribution in [-0.4, -0.2) is 55.7 Å². The molecule has 1 heterocycles. The highest BCUT2D eigenvalue weighted by Crippen LogP contribution is 2.12. The number of nitrogens with two attached hydrogens (primary N) is 1. The average molecular weight is 344 g/mol. The topological polar surface area (TPSA) is 67.6 Å². The number of hydrogen-bond donors (Lipinski definition) is 2. The van der Waals surface area contributed by atoms with Gasteiger partial charge in [-0.15, -0.1) is 24.8 Å². The first-order valence-corrected chi connectivity index (χ1v) is 7.34. The lowest BCUT2D eigenvalue weighted by molar-refractivity contribution is -0.121. The third-order valence-corrected chi connectivity index (χ3v) is 3.62. The zero-order chi connectivity index (χ0) is 14.3. The maximum atomic E-state index is 11.7. The third kappa shape index (κ3) is 9.53. The molecule has 1 amide bonds. The smallest absolute Gasteiger partial charge is 0.220 e. The molecule has 3 N–H and O–H groups in total. The van der Waals surface area contributed by atoms with Gasteiger partial charge < -0.3 is 15.8 Å². The largest absolute Gasteiger partial charge is 0.379 e. The fourth-order valence-electron chi connectivity index (χ4n) is 2.36. The highest BCUT2D eigenvalue weighted by Gasteiger charge is 2.24. The van der Waals surface area contributed by atoms with E-state index in [9.17, 15) is 4.79 Å². The van der Waals surface area contributed by atoms with Gasteiger partial charge >= 0.3 is 0 Å². The van der Waals surface area contributed by atoms with Gasteiger partial charge in [-0.25, -0.2) is 0 Å². The van der Waals surface area contributed by atoms with Gasteiger partial charge in [0.05, 0.1) is 13.2 Å². The molecule has 1 fully saturated rings. The number of amides is 1. The normalized spacial score (nSPS) is 18.3. The van der Waals surface area contributed by atoms with Crippen LogP contribution in [-0.2, 0) is 9.53 Å². The van der Waals surface area contributed by atoms with E-state index < -0.39 is 0 Å². The summed E-state index contributed by atoms with van der Waals surface area (Å²) >= 11 is 0. The molecule has 1 saturated heterocycles. The number of nitrogens with zero attached hydrogens (tertiary/aromatic N) is 1. The lowest BCUT2D eigenvalue weighted by Gasteiger charge is -2.36. The van der Waals surface area contributed by atoms with Crippen LogP contribution in [0.2, 0.25) is 0 Å². The average Bonchev–Trinajstić information content (AvgIpc) is 2.37. The van der Waals surface area contributed by atoms with Gasteiger partial charge in [-0.05, 0) is 19.3 Å². The molecule has 21 heavy (non-hydrogen) atoms. The monoisotopic (exact) mass is 343 g/mol. The van der Waals surface area contributed by atoms with Crippen molar-refractivity contribution in [3.8, 4) is 0 Å². The standard InChI is InChI=1S/C14H29N3O2.2ClH/c1-11(2)13(17-6-8-19-9-7-17)10-16-14(18)5-4-12(3)15;;/h11-13H,4-10,15H2,1-3H3,(H,16,18);2*1H. The van der Waals surface area contributed by atoms with Crippen LogP contribution in [0.3, 0.4) is 0 Å². The highest BCUT2D eigenvalue weighted by atomic mass is 35.5. The van der Waals surface area contributed by atoms with Crippen molar-refractivity contribution in [3.05, 3.63) is 0 Å². The molecular formula is C14H31Cl2N3O2. The number of nitrogens with one attached hydrogen (secondary N) is 1. The van der Waals surface area contributed by atoms with Crippen LogP contribution in [0.15, 0.2) is 0 Å². The zero-order valence-electron chi connectivity index (χ0n) is 13.3. The van der Waals surface area contributed by atoms with Crippen LogP contribution < -0.4 is 11.1 Å². The lowest BCUT2D eigenvalue weighted by atomic mass is 10.0. The number of halogens is 2. The Morgan fingerprint density at radius 3 is 2.29 bits per heavy atom. The van der Waals surface area contributed by atoms with Gasteiger partial charge in [0.25, 0.3) is 0 Å². The summed E-state index contributed by atoms with van der Waals surface area (Å²) in [6, 6.07) is 0.481. The van der Waals surface area contributed by atoms with Crippen molar-refractivity contribution in [3.63, 3.8) is 0 Å². The van der Waals surface area contributed by atoms with Crippen LogP contribution in [0.25, 0.3) is 0 Å². The summed E-state index contributed by atoms with van der Waals surface area (Å²) in [5.74, 6) is 0.628. The van der Waals surface area contributed by atoms with E-state index in [2.05, 4.69) is 24.1 Å². The van der Waals surface area contributed by atoms with E-state index in [1.807, 2.05) is 6.92 Å². The lowest BCUT2D eigenvalue weighted by Crippen LogP contribution is -2.51. The molecule has 0 aromatic rings. The Morgan fingerprint density at radius 2 is 1.81 bits per heavy atom. The summed E-state index contributed by atoms with van der Waals surface area (Å²) in [4.78, 5) is 14.2. The van der Waals surface area contributed by atoms with Crippen molar-refractivity contribution in [2.75, 3.05) is 32.8 Å². The van der Waals surface area contributed by atoms with Gasteiger partial charge in [0.1, 0.15) is 0 Å². The molecule has 2 unspecified atom stereocenters. The molecule has 5 nitrogen and oxygen atoms in total. The molecule has 0 bridgehead atoms. The van der Waals surface area contributed by atoms with Crippen LogP contribution in [0.4, 0.5) is 0 Å². The number of rotatable bonds is 7. The van der Waals surface area contributed by atoms with Gasteiger partial charge in [-0.3, -0.25) is 9.69 Å². The first kappa shape index (κ1) is 23.2. The van der Waals surface area contributed by atoms with Crippen LogP contribution in [0, 0.1) is 5.92 Å². The fraction of sp³-hybridized carbons (Fsp3) is 0.929. The molecule has 0 saturated carbocycles. The predicted molar refractivity (Wildman–Crippen MR) is 91.4 cm³/mol. The second-order valence-electron chi connectivity index (χ2n) is 5.78. The van der Waals surface area contributed by atoms with E-state index in [1.165, 1.54) is 0 Å². The molecule has 1 rings (SSSR count). The Labute approximate surface area is 141 Å². The minimum absolute atomic E-state index is 0. The second kappa shape index (κ2) is 12.5. The molecule has 0 radical (unpaired) electrons. The maximum Gasteiger partial charge on any atom is 0.220 e. The van der Waals surface area contributed by atoms with Crippen molar-refractivity contribution in [1.82, 2.24) is 10.2 Å². The third-order valence-electron chi connectivity index (χ3n) is 3.62. The molecule has 1 aliphatic rings. The molecule has 128 valence electrons. The Balaban J connectivity index is 0. The summed E-state index contributed by atoms with van der Waals surface area (Å²) in [7, 11) is 0. The number of morpholine rings is 1. The molecule has 0 aromatic heterocycles. The molecule has 0 aromatic carbocycles. The summed E-state index contributed by atoms with van der Waals surface area (Å²) in [6.07, 6.45) is 1.27. The molecule has 1 aliphatic heterocycles. The van der Waals surface area contributed by atoms with E-state index in [-0.39, 0.29) is 36.8 Å². The maximum absolute atomic E-state index is 11.7. The first-order chi connectivity index (χ1) is 9.00. The van der Waals surface area contributed by atoms with Crippen LogP contribution >= 0.6 is 24.8 Å². The Kier molecular flexibility index (Phi) is 13.8. The van der Waals surface area contributed by atoms with Crippen LogP contribution in [0.1, 0.15) is 33.6 Å². The number of ether oxygens (including phenoxy) is 1. The van der Waals surface area contributed by atoms with Crippen molar-refractivity contribution < 1.29 is 9.53 Å².